The highest BCUT2D eigenvalue weighted by Gasteiger charge is 2.43. The van der Waals surface area contributed by atoms with E-state index in [-0.39, 0.29) is 53.4 Å². The van der Waals surface area contributed by atoms with E-state index in [2.05, 4.69) is 91.8 Å². The topological polar surface area (TPSA) is 213 Å². The third-order valence-electron chi connectivity index (χ3n) is 17.5. The van der Waals surface area contributed by atoms with Gasteiger partial charge in [0, 0.05) is 95.6 Å². The van der Waals surface area contributed by atoms with Crippen LogP contribution in [0.5, 0.6) is 0 Å². The molecule has 6 fully saturated rings. The summed E-state index contributed by atoms with van der Waals surface area (Å²) in [6.45, 7) is 15.7. The van der Waals surface area contributed by atoms with Gasteiger partial charge >= 0.3 is 18.5 Å². The van der Waals surface area contributed by atoms with E-state index in [9.17, 15) is 52.7 Å². The number of rotatable bonds is 18. The molecule has 6 N–H and O–H groups in total. The zero-order valence-electron chi connectivity index (χ0n) is 50.6. The predicted octanol–water partition coefficient (Wildman–Crippen LogP) is 11.8. The van der Waals surface area contributed by atoms with Crippen LogP contribution < -0.4 is 31.9 Å². The molecule has 0 radical (unpaired) electrons. The lowest BCUT2D eigenvalue weighted by molar-refractivity contribution is -0.138. The van der Waals surface area contributed by atoms with Crippen molar-refractivity contribution in [1.29, 1.82) is 0 Å². The third-order valence-corrected chi connectivity index (χ3v) is 17.5. The molecule has 0 unspecified atom stereocenters. The van der Waals surface area contributed by atoms with E-state index in [1.54, 1.807) is 39.4 Å². The Morgan fingerprint density at radius 2 is 0.656 bits per heavy atom. The fourth-order valence-corrected chi connectivity index (χ4v) is 12.4. The fourth-order valence-electron chi connectivity index (χ4n) is 12.4. The summed E-state index contributed by atoms with van der Waals surface area (Å²) in [5.41, 5.74) is 1.80. The van der Waals surface area contributed by atoms with Crippen LogP contribution in [0.25, 0.3) is 0 Å². The highest BCUT2D eigenvalue weighted by Crippen LogP contribution is 2.43. The second-order valence-electron chi connectivity index (χ2n) is 23.6. The smallest absolute Gasteiger partial charge is 0.370 e. The lowest BCUT2D eigenvalue weighted by Gasteiger charge is -2.41. The third kappa shape index (κ3) is 15.0. The van der Waals surface area contributed by atoms with E-state index in [4.69, 9.17) is 0 Å². The Morgan fingerprint density at radius 3 is 0.867 bits per heavy atom. The van der Waals surface area contributed by atoms with Gasteiger partial charge in [-0.05, 0) is 99.3 Å². The molecule has 0 amide bonds. The summed E-state index contributed by atoms with van der Waals surface area (Å²) < 4.78 is 164. The zero-order valence-corrected chi connectivity index (χ0v) is 50.6. The van der Waals surface area contributed by atoms with Crippen molar-refractivity contribution < 1.29 is 52.7 Å². The van der Waals surface area contributed by atoms with E-state index < -0.39 is 53.7 Å². The molecule has 33 heteroatoms. The number of hydrogen-bond donors (Lipinski definition) is 6. The van der Waals surface area contributed by atoms with Crippen LogP contribution in [-0.4, -0.2) is 169 Å². The van der Waals surface area contributed by atoms with E-state index in [0.29, 0.717) is 93.7 Å². The van der Waals surface area contributed by atoms with Crippen molar-refractivity contribution in [1.82, 2.24) is 73.9 Å². The van der Waals surface area contributed by atoms with Gasteiger partial charge in [0.15, 0.2) is 0 Å². The number of halogens is 12. The van der Waals surface area contributed by atoms with E-state index >= 15 is 0 Å². The molecule has 492 valence electrons. The molecule has 0 bridgehead atoms. The summed E-state index contributed by atoms with van der Waals surface area (Å²) in [4.78, 5) is 30.1. The predicted molar refractivity (Wildman–Crippen MR) is 314 cm³/mol. The minimum Gasteiger partial charge on any atom is -0.370 e. The van der Waals surface area contributed by atoms with Crippen LogP contribution in [0.4, 0.5) is 105 Å². The van der Waals surface area contributed by atoms with E-state index in [1.807, 2.05) is 34.8 Å². The lowest BCUT2D eigenvalue weighted by atomic mass is 9.85. The number of alkyl halides is 12. The van der Waals surface area contributed by atoms with Crippen molar-refractivity contribution in [3.8, 4) is 0 Å². The normalized spacial score (nSPS) is 24.7. The van der Waals surface area contributed by atoms with Gasteiger partial charge in [-0.1, -0.05) is 0 Å². The van der Waals surface area contributed by atoms with Crippen LogP contribution in [-0.2, 0) is 18.5 Å². The number of anilines is 9. The Bertz CT molecular complexity index is 3020. The quantitative estimate of drug-likeness (QED) is 0.0442. The molecule has 21 nitrogen and oxygen atoms in total. The summed E-state index contributed by atoms with van der Waals surface area (Å²) in [6.07, 6.45) is -1.24. The van der Waals surface area contributed by atoms with Crippen molar-refractivity contribution >= 4 is 52.4 Å². The number of likely N-dealkylation sites (tertiary alicyclic amines) is 3. The minimum atomic E-state index is -4.53. The molecular formula is C57H75F12N21. The average molecular weight is 1280 g/mol. The van der Waals surface area contributed by atoms with Crippen molar-refractivity contribution in [2.75, 3.05) is 90.8 Å². The maximum absolute atomic E-state index is 13.4. The number of nitrogens with zero attached hydrogens (tertiary/aromatic N) is 15. The maximum Gasteiger partial charge on any atom is 0.421 e. The highest BCUT2D eigenvalue weighted by molar-refractivity contribution is 5.61. The second-order valence-corrected chi connectivity index (χ2v) is 23.6. The van der Waals surface area contributed by atoms with Crippen LogP contribution in [0.3, 0.4) is 0 Å². The molecule has 0 spiro atoms. The molecule has 3 saturated carbocycles. The largest absolute Gasteiger partial charge is 0.421 e. The Morgan fingerprint density at radius 1 is 0.400 bits per heavy atom. The summed E-state index contributed by atoms with van der Waals surface area (Å²) in [7, 11) is 0. The lowest BCUT2D eigenvalue weighted by Crippen LogP contribution is -2.44. The fraction of sp³-hybridized carbons (Fsp3) is 0.632. The molecule has 9 heterocycles. The van der Waals surface area contributed by atoms with Crippen molar-refractivity contribution in [3.63, 3.8) is 0 Å². The summed E-state index contributed by atoms with van der Waals surface area (Å²) in [5, 5.41) is 30.1. The second kappa shape index (κ2) is 27.3. The zero-order chi connectivity index (χ0) is 64.4. The van der Waals surface area contributed by atoms with E-state index in [0.717, 1.165) is 93.8 Å². The van der Waals surface area contributed by atoms with Gasteiger partial charge in [-0.2, -0.15) is 69.8 Å². The van der Waals surface area contributed by atoms with Gasteiger partial charge in [0.2, 0.25) is 17.8 Å². The first-order valence-electron chi connectivity index (χ1n) is 30.4. The average Bonchev–Trinajstić information content (AvgIpc) is 1.62. The Kier molecular flexibility index (Phi) is 19.9. The Balaban J connectivity index is 0.000000148. The molecule has 6 aromatic rings. The van der Waals surface area contributed by atoms with Gasteiger partial charge < -0.3 is 31.9 Å². The van der Waals surface area contributed by atoms with Crippen LogP contribution in [0, 0.1) is 20.8 Å². The molecular weight excluding hydrogens is 1210 g/mol. The van der Waals surface area contributed by atoms with Crippen LogP contribution in [0.15, 0.2) is 37.2 Å². The van der Waals surface area contributed by atoms with Crippen molar-refractivity contribution in [2.45, 2.75) is 173 Å². The van der Waals surface area contributed by atoms with Crippen molar-refractivity contribution in [2.24, 2.45) is 0 Å². The number of nitrogens with one attached hydrogen (secondary N) is 6. The Hall–Kier alpha value is -7.29. The molecule has 3 aliphatic carbocycles. The number of aromatic nitrogens is 12. The van der Waals surface area contributed by atoms with Gasteiger partial charge in [0.1, 0.15) is 52.7 Å². The molecule has 3 atom stereocenters. The van der Waals surface area contributed by atoms with Gasteiger partial charge in [-0.3, -0.25) is 28.7 Å². The van der Waals surface area contributed by atoms with Crippen molar-refractivity contribution in [3.05, 3.63) is 71.0 Å². The summed E-state index contributed by atoms with van der Waals surface area (Å²) >= 11 is 0. The maximum atomic E-state index is 13.4. The highest BCUT2D eigenvalue weighted by atomic mass is 19.4. The van der Waals surface area contributed by atoms with Crippen LogP contribution in [0.2, 0.25) is 0 Å². The SMILES string of the molecule is CCNc1nc(Nc2cnn(C3CC(N4CC[C@@H](F)C4)C3)c2C)ncc1C(F)(F)F.CCNc1nc(Nc2cnn(C3CC(N4CC[C@H](F)C4)C3)c2C)ncc1C(F)(F)F.CCNc1nc(Nc2cnn(C3CC(N4CC[C@H](F)C4)C3)c2C)ncc1C(F)(F)F. The van der Waals surface area contributed by atoms with Gasteiger partial charge in [-0.15, -0.1) is 0 Å². The first kappa shape index (κ1) is 65.7. The standard InChI is InChI=1S/3C19H25F4N7/c3*1-3-24-17-15(19(21,22)23)8-25-18(28-17)27-16-9-26-30(11(16)2)14-6-13(7-14)29-5-4-12(20)10-29/h3*8-9,12-14H,3-7,10H2,1-2H3,(H2,24,25,27,28)/t3*12-,13?,14?/m100/s1. The monoisotopic (exact) mass is 1280 g/mol. The molecule has 3 saturated heterocycles. The number of hydrogen-bond acceptors (Lipinski definition) is 18. The molecule has 3 aliphatic heterocycles. The Labute approximate surface area is 512 Å². The first-order valence-corrected chi connectivity index (χ1v) is 30.4. The molecule has 0 aromatic carbocycles. The molecule has 90 heavy (non-hydrogen) atoms. The molecule has 12 rings (SSSR count). The first-order chi connectivity index (χ1) is 42.8. The minimum absolute atomic E-state index is 0.0686. The summed E-state index contributed by atoms with van der Waals surface area (Å²) in [5.74, 6) is -0.569. The molecule has 6 aromatic heterocycles. The summed E-state index contributed by atoms with van der Waals surface area (Å²) in [6, 6.07) is 1.85. The van der Waals surface area contributed by atoms with Gasteiger partial charge in [-0.25, -0.2) is 28.1 Å². The van der Waals surface area contributed by atoms with Gasteiger partial charge in [0.25, 0.3) is 0 Å². The van der Waals surface area contributed by atoms with Crippen LogP contribution >= 0.6 is 0 Å². The van der Waals surface area contributed by atoms with E-state index in [1.165, 1.54) is 0 Å². The molecule has 6 aliphatic rings. The van der Waals surface area contributed by atoms with Gasteiger partial charge in [0.05, 0.1) is 70.9 Å². The van der Waals surface area contributed by atoms with Crippen LogP contribution in [0.1, 0.15) is 130 Å².